The van der Waals surface area contributed by atoms with Crippen molar-refractivity contribution in [3.63, 3.8) is 0 Å². The van der Waals surface area contributed by atoms with Gasteiger partial charge in [-0.15, -0.1) is 0 Å². The van der Waals surface area contributed by atoms with Crippen molar-refractivity contribution >= 4 is 5.91 Å². The van der Waals surface area contributed by atoms with E-state index in [4.69, 9.17) is 0 Å². The monoisotopic (exact) mass is 299 g/mol. The fourth-order valence-corrected chi connectivity index (χ4v) is 3.34. The van der Waals surface area contributed by atoms with Crippen LogP contribution in [-0.4, -0.2) is 85.7 Å². The first-order chi connectivity index (χ1) is 9.89. The van der Waals surface area contributed by atoms with Gasteiger partial charge in [-0.25, -0.2) is 0 Å². The van der Waals surface area contributed by atoms with Crippen molar-refractivity contribution in [1.29, 1.82) is 0 Å². The standard InChI is InChI=1S/C16H33N3O2/c1-6-14(18(5)7-2)15(21)19-10-8-16(13-20,9-11-19)12-17(3)4/h14,20H,6-13H2,1-5H3. The van der Waals surface area contributed by atoms with Gasteiger partial charge in [-0.3, -0.25) is 9.69 Å². The van der Waals surface area contributed by atoms with E-state index in [0.717, 1.165) is 45.4 Å². The highest BCUT2D eigenvalue weighted by atomic mass is 16.3. The number of aliphatic hydroxyl groups is 1. The summed E-state index contributed by atoms with van der Waals surface area (Å²) in [5, 5.41) is 9.76. The maximum absolute atomic E-state index is 12.7. The number of hydrogen-bond acceptors (Lipinski definition) is 4. The second-order valence-electron chi connectivity index (χ2n) is 6.72. The molecule has 0 radical (unpaired) electrons. The molecule has 0 aromatic heterocycles. The Hall–Kier alpha value is -0.650. The number of amides is 1. The number of aliphatic hydroxyl groups excluding tert-OH is 1. The van der Waals surface area contributed by atoms with Gasteiger partial charge in [0.15, 0.2) is 0 Å². The first-order valence-corrected chi connectivity index (χ1v) is 8.13. The molecule has 5 heteroatoms. The average Bonchev–Trinajstić information content (AvgIpc) is 2.47. The van der Waals surface area contributed by atoms with Gasteiger partial charge in [0, 0.05) is 25.0 Å². The van der Waals surface area contributed by atoms with E-state index in [1.807, 2.05) is 26.0 Å². The predicted octanol–water partition coefficient (Wildman–Crippen LogP) is 0.879. The molecule has 0 bridgehead atoms. The van der Waals surface area contributed by atoms with Crippen LogP contribution in [0.5, 0.6) is 0 Å². The van der Waals surface area contributed by atoms with Gasteiger partial charge in [-0.1, -0.05) is 13.8 Å². The number of carbonyl (C=O) groups excluding carboxylic acids is 1. The van der Waals surface area contributed by atoms with Gasteiger partial charge in [-0.05, 0) is 47.0 Å². The van der Waals surface area contributed by atoms with Gasteiger partial charge in [0.05, 0.1) is 12.6 Å². The summed E-state index contributed by atoms with van der Waals surface area (Å²) in [5.74, 6) is 0.248. The fraction of sp³-hybridized carbons (Fsp3) is 0.938. The van der Waals surface area contributed by atoms with E-state index in [2.05, 4.69) is 23.6 Å². The molecule has 0 spiro atoms. The Labute approximate surface area is 129 Å². The van der Waals surface area contributed by atoms with Crippen LogP contribution in [0.25, 0.3) is 0 Å². The molecule has 1 aliphatic rings. The molecule has 0 saturated carbocycles. The summed E-state index contributed by atoms with van der Waals surface area (Å²) < 4.78 is 0. The van der Waals surface area contributed by atoms with Crippen molar-refractivity contribution in [2.24, 2.45) is 5.41 Å². The minimum Gasteiger partial charge on any atom is -0.396 e. The molecular weight excluding hydrogens is 266 g/mol. The summed E-state index contributed by atoms with van der Waals surface area (Å²) in [5.41, 5.74) is -0.0430. The molecule has 1 atom stereocenters. The first-order valence-electron chi connectivity index (χ1n) is 8.13. The molecule has 1 aliphatic heterocycles. The van der Waals surface area contributed by atoms with Crippen molar-refractivity contribution in [2.45, 2.75) is 39.2 Å². The van der Waals surface area contributed by atoms with Crippen LogP contribution in [0.3, 0.4) is 0 Å². The Morgan fingerprint density at radius 2 is 1.81 bits per heavy atom. The normalized spacial score (nSPS) is 20.1. The summed E-state index contributed by atoms with van der Waals surface area (Å²) in [4.78, 5) is 18.9. The van der Waals surface area contributed by atoms with Crippen LogP contribution in [0.15, 0.2) is 0 Å². The molecule has 0 aliphatic carbocycles. The second-order valence-corrected chi connectivity index (χ2v) is 6.72. The van der Waals surface area contributed by atoms with Gasteiger partial charge in [0.2, 0.25) is 5.91 Å². The van der Waals surface area contributed by atoms with Gasteiger partial charge in [0.25, 0.3) is 0 Å². The van der Waals surface area contributed by atoms with E-state index in [0.29, 0.717) is 0 Å². The third-order valence-electron chi connectivity index (χ3n) is 4.83. The van der Waals surface area contributed by atoms with Crippen LogP contribution in [0, 0.1) is 5.41 Å². The fourth-order valence-electron chi connectivity index (χ4n) is 3.34. The van der Waals surface area contributed by atoms with Crippen molar-refractivity contribution in [1.82, 2.24) is 14.7 Å². The van der Waals surface area contributed by atoms with Crippen molar-refractivity contribution in [2.75, 3.05) is 53.9 Å². The molecule has 0 aromatic rings. The molecule has 1 amide bonds. The molecule has 1 saturated heterocycles. The van der Waals surface area contributed by atoms with Gasteiger partial charge in [-0.2, -0.15) is 0 Å². The first kappa shape index (κ1) is 18.4. The average molecular weight is 299 g/mol. The zero-order valence-corrected chi connectivity index (χ0v) is 14.4. The molecule has 124 valence electrons. The van der Waals surface area contributed by atoms with E-state index in [-0.39, 0.29) is 24.0 Å². The van der Waals surface area contributed by atoms with Crippen LogP contribution >= 0.6 is 0 Å². The number of carbonyl (C=O) groups is 1. The van der Waals surface area contributed by atoms with Crippen molar-refractivity contribution in [3.05, 3.63) is 0 Å². The highest BCUT2D eigenvalue weighted by molar-refractivity contribution is 5.81. The summed E-state index contributed by atoms with van der Waals surface area (Å²) in [6.45, 7) is 7.67. The lowest BCUT2D eigenvalue weighted by Crippen LogP contribution is -2.53. The van der Waals surface area contributed by atoms with E-state index in [1.165, 1.54) is 0 Å². The molecule has 21 heavy (non-hydrogen) atoms. The smallest absolute Gasteiger partial charge is 0.239 e. The Morgan fingerprint density at radius 3 is 2.19 bits per heavy atom. The maximum Gasteiger partial charge on any atom is 0.239 e. The SMILES string of the molecule is CCC(C(=O)N1CCC(CO)(CN(C)C)CC1)N(C)CC. The molecular formula is C16H33N3O2. The number of likely N-dealkylation sites (tertiary alicyclic amines) is 1. The Bertz CT molecular complexity index is 325. The molecule has 0 aromatic carbocycles. The summed E-state index contributed by atoms with van der Waals surface area (Å²) >= 11 is 0. The number of likely N-dealkylation sites (N-methyl/N-ethyl adjacent to an activating group) is 1. The molecule has 1 fully saturated rings. The van der Waals surface area contributed by atoms with E-state index >= 15 is 0 Å². The van der Waals surface area contributed by atoms with Crippen LogP contribution < -0.4 is 0 Å². The molecule has 1 N–H and O–H groups in total. The quantitative estimate of drug-likeness (QED) is 0.758. The van der Waals surface area contributed by atoms with E-state index < -0.39 is 0 Å². The van der Waals surface area contributed by atoms with Gasteiger partial charge < -0.3 is 14.9 Å². The summed E-state index contributed by atoms with van der Waals surface area (Å²) in [6, 6.07) is -0.00882. The highest BCUT2D eigenvalue weighted by Crippen LogP contribution is 2.32. The van der Waals surface area contributed by atoms with E-state index in [1.54, 1.807) is 0 Å². The molecule has 5 nitrogen and oxygen atoms in total. The predicted molar refractivity (Wildman–Crippen MR) is 86.3 cm³/mol. The highest BCUT2D eigenvalue weighted by Gasteiger charge is 2.37. The zero-order valence-electron chi connectivity index (χ0n) is 14.4. The second kappa shape index (κ2) is 8.11. The molecule has 1 rings (SSSR count). The van der Waals surface area contributed by atoms with Crippen molar-refractivity contribution in [3.8, 4) is 0 Å². The third kappa shape index (κ3) is 4.66. The lowest BCUT2D eigenvalue weighted by Gasteiger charge is -2.43. The van der Waals surface area contributed by atoms with Gasteiger partial charge in [0.1, 0.15) is 0 Å². The Kier molecular flexibility index (Phi) is 7.10. The van der Waals surface area contributed by atoms with Crippen molar-refractivity contribution < 1.29 is 9.90 Å². The minimum atomic E-state index is -0.0430. The Morgan fingerprint density at radius 1 is 1.24 bits per heavy atom. The lowest BCUT2D eigenvalue weighted by molar-refractivity contribution is -0.139. The lowest BCUT2D eigenvalue weighted by atomic mass is 9.78. The largest absolute Gasteiger partial charge is 0.396 e. The number of nitrogens with zero attached hydrogens (tertiary/aromatic N) is 3. The number of piperidine rings is 1. The molecule has 1 unspecified atom stereocenters. The third-order valence-corrected chi connectivity index (χ3v) is 4.83. The topological polar surface area (TPSA) is 47.0 Å². The summed E-state index contributed by atoms with van der Waals surface area (Å²) in [6.07, 6.45) is 2.63. The number of rotatable bonds is 7. The Balaban J connectivity index is 2.64. The van der Waals surface area contributed by atoms with Crippen LogP contribution in [-0.2, 0) is 4.79 Å². The minimum absolute atomic E-state index is 0.00882. The maximum atomic E-state index is 12.7. The van der Waals surface area contributed by atoms with Gasteiger partial charge >= 0.3 is 0 Å². The zero-order chi connectivity index (χ0) is 16.0. The van der Waals surface area contributed by atoms with E-state index in [9.17, 15) is 9.90 Å². The van der Waals surface area contributed by atoms with Crippen LogP contribution in [0.4, 0.5) is 0 Å². The number of hydrogen-bond donors (Lipinski definition) is 1. The van der Waals surface area contributed by atoms with Crippen LogP contribution in [0.2, 0.25) is 0 Å². The summed E-state index contributed by atoms with van der Waals surface area (Å²) in [7, 11) is 6.09. The molecule has 1 heterocycles. The van der Waals surface area contributed by atoms with Crippen LogP contribution in [0.1, 0.15) is 33.1 Å².